The fourth-order valence-electron chi connectivity index (χ4n) is 2.50. The lowest BCUT2D eigenvalue weighted by Gasteiger charge is -2.08. The molecule has 0 saturated carbocycles. The summed E-state index contributed by atoms with van der Waals surface area (Å²) in [7, 11) is 3.02. The average molecular weight is 327 g/mol. The molecule has 0 bridgehead atoms. The predicted molar refractivity (Wildman–Crippen MR) is 89.4 cm³/mol. The Kier molecular flexibility index (Phi) is 6.52. The van der Waals surface area contributed by atoms with E-state index in [9.17, 15) is 10.1 Å². The number of hydrogen-bond donors (Lipinski definition) is 0. The van der Waals surface area contributed by atoms with Gasteiger partial charge < -0.3 is 9.47 Å². The van der Waals surface area contributed by atoms with Crippen molar-refractivity contribution in [3.63, 3.8) is 0 Å². The fraction of sp³-hybridized carbons (Fsp3) is 0.389. The summed E-state index contributed by atoms with van der Waals surface area (Å²) in [5.41, 5.74) is 2.31. The summed E-state index contributed by atoms with van der Waals surface area (Å²) in [5, 5.41) is 13.7. The minimum absolute atomic E-state index is 0.247. The molecule has 2 rings (SSSR count). The van der Waals surface area contributed by atoms with Crippen LogP contribution in [-0.4, -0.2) is 36.6 Å². The normalized spacial score (nSPS) is 10.4. The number of rotatable bonds is 8. The number of ether oxygens (including phenoxy) is 2. The number of methoxy groups -OCH3 is 2. The highest BCUT2D eigenvalue weighted by Crippen LogP contribution is 2.25. The SMILES string of the molecule is COCCCCCn1nc(C(=O)OC)cc1-c1ccccc1C#N. The molecule has 0 spiro atoms. The first kappa shape index (κ1) is 17.7. The van der Waals surface area contributed by atoms with Crippen LogP contribution in [0.15, 0.2) is 30.3 Å². The van der Waals surface area contributed by atoms with E-state index >= 15 is 0 Å². The Morgan fingerprint density at radius 2 is 2.04 bits per heavy atom. The molecule has 0 unspecified atom stereocenters. The zero-order valence-electron chi connectivity index (χ0n) is 14.0. The second-order valence-electron chi connectivity index (χ2n) is 5.34. The van der Waals surface area contributed by atoms with Gasteiger partial charge >= 0.3 is 5.97 Å². The van der Waals surface area contributed by atoms with Crippen molar-refractivity contribution >= 4 is 5.97 Å². The minimum atomic E-state index is -0.483. The number of carbonyl (C=O) groups excluding carboxylic acids is 1. The average Bonchev–Trinajstić information content (AvgIpc) is 3.04. The second-order valence-corrected chi connectivity index (χ2v) is 5.34. The first-order chi connectivity index (χ1) is 11.7. The van der Waals surface area contributed by atoms with Crippen LogP contribution in [0.4, 0.5) is 0 Å². The van der Waals surface area contributed by atoms with Crippen molar-refractivity contribution in [2.45, 2.75) is 25.8 Å². The lowest BCUT2D eigenvalue weighted by molar-refractivity contribution is 0.0593. The third kappa shape index (κ3) is 4.21. The van der Waals surface area contributed by atoms with Crippen LogP contribution < -0.4 is 0 Å². The van der Waals surface area contributed by atoms with Crippen LogP contribution in [0, 0.1) is 11.3 Å². The maximum absolute atomic E-state index is 11.8. The van der Waals surface area contributed by atoms with E-state index in [1.807, 2.05) is 18.2 Å². The van der Waals surface area contributed by atoms with Gasteiger partial charge in [0.15, 0.2) is 5.69 Å². The quantitative estimate of drug-likeness (QED) is 0.550. The number of hydrogen-bond acceptors (Lipinski definition) is 5. The van der Waals surface area contributed by atoms with E-state index in [0.29, 0.717) is 12.1 Å². The van der Waals surface area contributed by atoms with Crippen LogP contribution in [0.25, 0.3) is 11.3 Å². The smallest absolute Gasteiger partial charge is 0.358 e. The summed E-state index contributed by atoms with van der Waals surface area (Å²) in [6, 6.07) is 11.2. The maximum atomic E-state index is 11.8. The van der Waals surface area contributed by atoms with Gasteiger partial charge in [0.05, 0.1) is 24.4 Å². The van der Waals surface area contributed by atoms with E-state index in [-0.39, 0.29) is 5.69 Å². The number of nitrogens with zero attached hydrogens (tertiary/aromatic N) is 3. The number of nitriles is 1. The fourth-order valence-corrected chi connectivity index (χ4v) is 2.50. The summed E-state index contributed by atoms with van der Waals surface area (Å²) in [4.78, 5) is 11.8. The number of esters is 1. The first-order valence-electron chi connectivity index (χ1n) is 7.86. The lowest BCUT2D eigenvalue weighted by atomic mass is 10.1. The summed E-state index contributed by atoms with van der Waals surface area (Å²) < 4.78 is 11.6. The Bertz CT molecular complexity index is 731. The molecule has 126 valence electrons. The molecule has 0 radical (unpaired) electrons. The van der Waals surface area contributed by atoms with Gasteiger partial charge in [-0.3, -0.25) is 4.68 Å². The maximum Gasteiger partial charge on any atom is 0.358 e. The number of aryl methyl sites for hydroxylation is 1. The van der Waals surface area contributed by atoms with Gasteiger partial charge in [0.25, 0.3) is 0 Å². The van der Waals surface area contributed by atoms with Gasteiger partial charge in [-0.2, -0.15) is 10.4 Å². The van der Waals surface area contributed by atoms with Crippen LogP contribution in [0.1, 0.15) is 35.3 Å². The highest BCUT2D eigenvalue weighted by molar-refractivity contribution is 5.89. The van der Waals surface area contributed by atoms with Gasteiger partial charge in [0.2, 0.25) is 0 Å². The molecular formula is C18H21N3O3. The lowest BCUT2D eigenvalue weighted by Crippen LogP contribution is -2.07. The molecule has 1 aromatic carbocycles. The molecular weight excluding hydrogens is 306 g/mol. The van der Waals surface area contributed by atoms with E-state index < -0.39 is 5.97 Å². The molecule has 1 aromatic heterocycles. The summed E-state index contributed by atoms with van der Waals surface area (Å²) in [6.07, 6.45) is 2.89. The highest BCUT2D eigenvalue weighted by Gasteiger charge is 2.17. The molecule has 0 saturated heterocycles. The van der Waals surface area contributed by atoms with E-state index in [2.05, 4.69) is 11.2 Å². The zero-order valence-corrected chi connectivity index (χ0v) is 14.0. The Morgan fingerprint density at radius 3 is 2.75 bits per heavy atom. The molecule has 6 heteroatoms. The van der Waals surface area contributed by atoms with Crippen molar-refractivity contribution in [2.24, 2.45) is 0 Å². The molecule has 24 heavy (non-hydrogen) atoms. The Hall–Kier alpha value is -2.65. The zero-order chi connectivity index (χ0) is 17.4. The number of unbranched alkanes of at least 4 members (excludes halogenated alkanes) is 2. The Labute approximate surface area is 141 Å². The minimum Gasteiger partial charge on any atom is -0.464 e. The molecule has 6 nitrogen and oxygen atoms in total. The predicted octanol–water partition coefficient (Wildman–Crippen LogP) is 3.03. The van der Waals surface area contributed by atoms with Crippen molar-refractivity contribution in [1.29, 1.82) is 5.26 Å². The van der Waals surface area contributed by atoms with Gasteiger partial charge in [0.1, 0.15) is 0 Å². The molecule has 0 atom stereocenters. The van der Waals surface area contributed by atoms with Crippen molar-refractivity contribution in [2.75, 3.05) is 20.8 Å². The summed E-state index contributed by atoms with van der Waals surface area (Å²) in [6.45, 7) is 1.40. The molecule has 0 fully saturated rings. The first-order valence-corrected chi connectivity index (χ1v) is 7.86. The number of aromatic nitrogens is 2. The highest BCUT2D eigenvalue weighted by atomic mass is 16.5. The van der Waals surface area contributed by atoms with Crippen LogP contribution >= 0.6 is 0 Å². The topological polar surface area (TPSA) is 77.1 Å². The van der Waals surface area contributed by atoms with Crippen molar-refractivity contribution in [3.05, 3.63) is 41.6 Å². The Morgan fingerprint density at radius 1 is 1.25 bits per heavy atom. The van der Waals surface area contributed by atoms with Gasteiger partial charge in [-0.1, -0.05) is 18.2 Å². The van der Waals surface area contributed by atoms with Crippen molar-refractivity contribution in [1.82, 2.24) is 9.78 Å². The van der Waals surface area contributed by atoms with Crippen molar-refractivity contribution in [3.8, 4) is 17.3 Å². The van der Waals surface area contributed by atoms with E-state index in [1.54, 1.807) is 23.9 Å². The molecule has 0 aliphatic heterocycles. The van der Waals surface area contributed by atoms with Crippen molar-refractivity contribution < 1.29 is 14.3 Å². The monoisotopic (exact) mass is 327 g/mol. The molecule has 1 heterocycles. The Balaban J connectivity index is 2.29. The van der Waals surface area contributed by atoms with Gasteiger partial charge in [-0.15, -0.1) is 0 Å². The standard InChI is InChI=1S/C18H21N3O3/c1-23-11-7-3-6-10-21-17(12-16(20-21)18(22)24-2)15-9-5-4-8-14(15)13-19/h4-5,8-9,12H,3,6-7,10-11H2,1-2H3. The van der Waals surface area contributed by atoms with Gasteiger partial charge in [-0.25, -0.2) is 4.79 Å². The molecule has 2 aromatic rings. The van der Waals surface area contributed by atoms with Crippen LogP contribution in [-0.2, 0) is 16.0 Å². The summed E-state index contributed by atoms with van der Waals surface area (Å²) >= 11 is 0. The van der Waals surface area contributed by atoms with Gasteiger partial charge in [-0.05, 0) is 31.4 Å². The number of benzene rings is 1. The van der Waals surface area contributed by atoms with E-state index in [4.69, 9.17) is 9.47 Å². The van der Waals surface area contributed by atoms with Crippen LogP contribution in [0.5, 0.6) is 0 Å². The number of carbonyl (C=O) groups is 1. The third-order valence-corrected chi connectivity index (χ3v) is 3.72. The third-order valence-electron chi connectivity index (χ3n) is 3.72. The largest absolute Gasteiger partial charge is 0.464 e. The second kappa shape index (κ2) is 8.85. The molecule has 0 aliphatic rings. The van der Waals surface area contributed by atoms with E-state index in [1.165, 1.54) is 7.11 Å². The summed E-state index contributed by atoms with van der Waals surface area (Å²) in [5.74, 6) is -0.483. The molecule has 0 aliphatic carbocycles. The van der Waals surface area contributed by atoms with Gasteiger partial charge in [0, 0.05) is 25.8 Å². The van der Waals surface area contributed by atoms with E-state index in [0.717, 1.165) is 37.1 Å². The van der Waals surface area contributed by atoms with Crippen LogP contribution in [0.3, 0.4) is 0 Å². The van der Waals surface area contributed by atoms with Crippen LogP contribution in [0.2, 0.25) is 0 Å². The molecule has 0 N–H and O–H groups in total. The molecule has 0 amide bonds.